The van der Waals surface area contributed by atoms with Crippen LogP contribution in [0.2, 0.25) is 0 Å². The van der Waals surface area contributed by atoms with Gasteiger partial charge in [0.05, 0.1) is 5.69 Å². The van der Waals surface area contributed by atoms with E-state index in [0.29, 0.717) is 5.56 Å². The van der Waals surface area contributed by atoms with Crippen LogP contribution in [0.15, 0.2) is 36.7 Å². The number of rotatable bonds is 2. The molecule has 0 N–H and O–H groups in total. The molecule has 8 heteroatoms. The quantitative estimate of drug-likeness (QED) is 0.680. The summed E-state index contributed by atoms with van der Waals surface area (Å²) in [5.74, 6) is -0.464. The third kappa shape index (κ3) is 2.99. The van der Waals surface area contributed by atoms with Crippen LogP contribution in [0.5, 0.6) is 0 Å². The van der Waals surface area contributed by atoms with Gasteiger partial charge in [-0.05, 0) is 17.7 Å². The lowest BCUT2D eigenvalue weighted by atomic mass is 10.1. The molecule has 0 atom stereocenters. The van der Waals surface area contributed by atoms with Crippen LogP contribution >= 0.6 is 0 Å². The fourth-order valence-electron chi connectivity index (χ4n) is 2.21. The fourth-order valence-corrected chi connectivity index (χ4v) is 2.21. The highest BCUT2D eigenvalue weighted by molar-refractivity contribution is 5.49. The van der Waals surface area contributed by atoms with Crippen LogP contribution in [0.4, 0.5) is 17.6 Å². The summed E-state index contributed by atoms with van der Waals surface area (Å²) in [4.78, 5) is 7.56. The van der Waals surface area contributed by atoms with E-state index in [2.05, 4.69) is 9.97 Å². The Labute approximate surface area is 127 Å². The predicted octanol–water partition coefficient (Wildman–Crippen LogP) is 3.35. The van der Waals surface area contributed by atoms with Gasteiger partial charge in [-0.15, -0.1) is 0 Å². The van der Waals surface area contributed by atoms with Gasteiger partial charge < -0.3 is 4.40 Å². The second-order valence-corrected chi connectivity index (χ2v) is 4.85. The van der Waals surface area contributed by atoms with Crippen molar-refractivity contribution >= 4 is 5.65 Å². The molecule has 0 aliphatic carbocycles. The molecule has 1 aromatic carbocycles. The normalized spacial score (nSPS) is 11.6. The average Bonchev–Trinajstić information content (AvgIpc) is 2.91. The second-order valence-electron chi connectivity index (χ2n) is 4.85. The number of benzene rings is 1. The van der Waals surface area contributed by atoms with Gasteiger partial charge in [-0.25, -0.2) is 14.4 Å². The van der Waals surface area contributed by atoms with Gasteiger partial charge in [-0.1, -0.05) is 12.1 Å². The first-order valence-electron chi connectivity index (χ1n) is 6.47. The lowest BCUT2D eigenvalue weighted by Gasteiger charge is -2.04. The largest absolute Gasteiger partial charge is 0.434 e. The van der Waals surface area contributed by atoms with Crippen molar-refractivity contribution in [2.24, 2.45) is 0 Å². The van der Waals surface area contributed by atoms with Crippen LogP contribution in [0.3, 0.4) is 0 Å². The monoisotopic (exact) mass is 320 g/mol. The van der Waals surface area contributed by atoms with Crippen molar-refractivity contribution in [3.05, 3.63) is 65.1 Å². The molecule has 0 amide bonds. The third-order valence-electron chi connectivity index (χ3n) is 3.17. The van der Waals surface area contributed by atoms with E-state index in [4.69, 9.17) is 5.26 Å². The molecule has 23 heavy (non-hydrogen) atoms. The maximum absolute atomic E-state index is 13.2. The van der Waals surface area contributed by atoms with Crippen molar-refractivity contribution < 1.29 is 17.6 Å². The van der Waals surface area contributed by atoms with E-state index < -0.39 is 17.7 Å². The lowest BCUT2D eigenvalue weighted by Crippen LogP contribution is -2.04. The van der Waals surface area contributed by atoms with Crippen molar-refractivity contribution in [2.75, 3.05) is 0 Å². The molecule has 116 valence electrons. The maximum Gasteiger partial charge on any atom is 0.434 e. The number of imidazole rings is 1. The summed E-state index contributed by atoms with van der Waals surface area (Å²) >= 11 is 0. The highest BCUT2D eigenvalue weighted by Gasteiger charge is 2.34. The van der Waals surface area contributed by atoms with Crippen LogP contribution in [-0.4, -0.2) is 14.4 Å². The summed E-state index contributed by atoms with van der Waals surface area (Å²) in [5, 5.41) is 8.97. The Morgan fingerprint density at radius 1 is 1.17 bits per heavy atom. The van der Waals surface area contributed by atoms with E-state index in [-0.39, 0.29) is 23.5 Å². The van der Waals surface area contributed by atoms with Gasteiger partial charge in [0.1, 0.15) is 11.9 Å². The summed E-state index contributed by atoms with van der Waals surface area (Å²) in [6.45, 7) is 0. The minimum atomic E-state index is -4.60. The molecule has 0 radical (unpaired) electrons. The smallest absolute Gasteiger partial charge is 0.302 e. The molecule has 0 aliphatic heterocycles. The minimum Gasteiger partial charge on any atom is -0.302 e. The highest BCUT2D eigenvalue weighted by Crippen LogP contribution is 2.29. The zero-order chi connectivity index (χ0) is 16.6. The molecule has 0 spiro atoms. The Balaban J connectivity index is 2.14. The number of nitriles is 1. The Morgan fingerprint density at radius 3 is 2.61 bits per heavy atom. The van der Waals surface area contributed by atoms with Gasteiger partial charge in [0, 0.05) is 18.8 Å². The molecule has 0 saturated carbocycles. The number of aromatic nitrogens is 3. The number of hydrogen-bond acceptors (Lipinski definition) is 3. The summed E-state index contributed by atoms with van der Waals surface area (Å²) in [7, 11) is 0. The first-order chi connectivity index (χ1) is 10.9. The van der Waals surface area contributed by atoms with Crippen molar-refractivity contribution in [2.45, 2.75) is 12.6 Å². The molecule has 0 unspecified atom stereocenters. The standard InChI is InChI=1S/C15H8F4N4/c16-10-3-1-2-9(4-10)5-12-14-22-13(15(17,18)19)8-23(14)7-11(6-20)21-12/h1-4,7-8H,5H2. The van der Waals surface area contributed by atoms with Crippen molar-refractivity contribution in [3.8, 4) is 6.07 Å². The molecule has 3 aromatic rings. The van der Waals surface area contributed by atoms with Crippen LogP contribution in [0.1, 0.15) is 22.6 Å². The average molecular weight is 320 g/mol. The zero-order valence-electron chi connectivity index (χ0n) is 11.5. The van der Waals surface area contributed by atoms with Crippen molar-refractivity contribution in [1.82, 2.24) is 14.4 Å². The van der Waals surface area contributed by atoms with Gasteiger partial charge in [0.2, 0.25) is 0 Å². The van der Waals surface area contributed by atoms with E-state index in [1.807, 2.05) is 0 Å². The molecule has 2 heterocycles. The van der Waals surface area contributed by atoms with Gasteiger partial charge in [-0.2, -0.15) is 18.4 Å². The molecule has 2 aromatic heterocycles. The van der Waals surface area contributed by atoms with Gasteiger partial charge in [0.25, 0.3) is 0 Å². The summed E-state index contributed by atoms with van der Waals surface area (Å²) in [6, 6.07) is 7.41. The first kappa shape index (κ1) is 15.0. The number of hydrogen-bond donors (Lipinski definition) is 0. The van der Waals surface area contributed by atoms with Crippen LogP contribution in [0.25, 0.3) is 5.65 Å². The Kier molecular flexibility index (Phi) is 3.48. The van der Waals surface area contributed by atoms with E-state index in [1.54, 1.807) is 12.1 Å². The van der Waals surface area contributed by atoms with E-state index >= 15 is 0 Å². The number of fused-ring (bicyclic) bond motifs is 1. The molecule has 0 fully saturated rings. The topological polar surface area (TPSA) is 54.0 Å². The van der Waals surface area contributed by atoms with E-state index in [1.165, 1.54) is 24.4 Å². The predicted molar refractivity (Wildman–Crippen MR) is 71.9 cm³/mol. The molecule has 3 rings (SSSR count). The molecular formula is C15H8F4N4. The fraction of sp³-hybridized carbons (Fsp3) is 0.133. The first-order valence-corrected chi connectivity index (χ1v) is 6.47. The van der Waals surface area contributed by atoms with Crippen molar-refractivity contribution in [1.29, 1.82) is 5.26 Å². The number of nitrogens with zero attached hydrogens (tertiary/aromatic N) is 4. The summed E-state index contributed by atoms with van der Waals surface area (Å²) in [6.07, 6.45) is -2.57. The number of halogens is 4. The molecule has 0 saturated heterocycles. The number of alkyl halides is 3. The van der Waals surface area contributed by atoms with Gasteiger partial charge in [-0.3, -0.25) is 0 Å². The summed E-state index contributed by atoms with van der Waals surface area (Å²) < 4.78 is 52.8. The van der Waals surface area contributed by atoms with Crippen molar-refractivity contribution in [3.63, 3.8) is 0 Å². The van der Waals surface area contributed by atoms with Crippen LogP contribution in [0, 0.1) is 17.1 Å². The van der Waals surface area contributed by atoms with Crippen LogP contribution < -0.4 is 0 Å². The SMILES string of the molecule is N#Cc1cn2cc(C(F)(F)F)nc2c(Cc2cccc(F)c2)n1. The molecule has 0 aliphatic rings. The van der Waals surface area contributed by atoms with E-state index in [0.717, 1.165) is 10.6 Å². The van der Waals surface area contributed by atoms with Crippen LogP contribution in [-0.2, 0) is 12.6 Å². The molecular weight excluding hydrogens is 312 g/mol. The molecule has 4 nitrogen and oxygen atoms in total. The maximum atomic E-state index is 13.2. The van der Waals surface area contributed by atoms with Gasteiger partial charge in [0.15, 0.2) is 17.0 Å². The summed E-state index contributed by atoms with van der Waals surface area (Å²) in [5.41, 5.74) is -0.443. The lowest BCUT2D eigenvalue weighted by molar-refractivity contribution is -0.140. The highest BCUT2D eigenvalue weighted by atomic mass is 19.4. The minimum absolute atomic E-state index is 0.0133. The van der Waals surface area contributed by atoms with Gasteiger partial charge >= 0.3 is 6.18 Å². The third-order valence-corrected chi connectivity index (χ3v) is 3.17. The Hall–Kier alpha value is -2.95. The second kappa shape index (κ2) is 5.35. The molecule has 0 bridgehead atoms. The Bertz CT molecular complexity index is 921. The van der Waals surface area contributed by atoms with E-state index in [9.17, 15) is 17.6 Å². The Morgan fingerprint density at radius 2 is 1.96 bits per heavy atom. The zero-order valence-corrected chi connectivity index (χ0v) is 11.5.